The zero-order valence-corrected chi connectivity index (χ0v) is 17.1. The van der Waals surface area contributed by atoms with Gasteiger partial charge < -0.3 is 10.2 Å². The molecule has 1 N–H and O–H groups in total. The normalized spacial score (nSPS) is 14.8. The van der Waals surface area contributed by atoms with Crippen molar-refractivity contribution in [2.75, 3.05) is 26.4 Å². The molecule has 1 heterocycles. The third-order valence-corrected chi connectivity index (χ3v) is 5.80. The van der Waals surface area contributed by atoms with Crippen LogP contribution < -0.4 is 5.32 Å². The third kappa shape index (κ3) is 5.52. The highest BCUT2D eigenvalue weighted by atomic mass is 32.2. The fraction of sp³-hybridized carbons (Fsp3) is 0.579. The van der Waals surface area contributed by atoms with Crippen molar-refractivity contribution in [1.82, 2.24) is 30.4 Å². The molecule has 1 amide bonds. The van der Waals surface area contributed by atoms with Crippen molar-refractivity contribution < 1.29 is 4.79 Å². The number of aryl methyl sites for hydroxylation is 2. The van der Waals surface area contributed by atoms with E-state index in [-0.39, 0.29) is 11.9 Å². The second-order valence-electron chi connectivity index (χ2n) is 7.30. The van der Waals surface area contributed by atoms with Crippen molar-refractivity contribution in [3.63, 3.8) is 0 Å². The Morgan fingerprint density at radius 2 is 2.07 bits per heavy atom. The molecule has 1 aliphatic carbocycles. The maximum atomic E-state index is 12.4. The van der Waals surface area contributed by atoms with Crippen molar-refractivity contribution in [2.24, 2.45) is 0 Å². The highest BCUT2D eigenvalue weighted by Crippen LogP contribution is 2.25. The SMILES string of the molecule is CC(NC(=O)CSc1nnnn1CCN(C)C)c1ccc2c(c1)CCCC2. The smallest absolute Gasteiger partial charge is 0.230 e. The lowest BCUT2D eigenvalue weighted by Crippen LogP contribution is -2.28. The van der Waals surface area contributed by atoms with Crippen LogP contribution in [0.1, 0.15) is 42.5 Å². The van der Waals surface area contributed by atoms with E-state index in [0.717, 1.165) is 13.0 Å². The number of thioether (sulfide) groups is 1. The summed E-state index contributed by atoms with van der Waals surface area (Å²) >= 11 is 1.37. The number of hydrogen-bond acceptors (Lipinski definition) is 6. The largest absolute Gasteiger partial charge is 0.349 e. The number of benzene rings is 1. The molecule has 1 atom stereocenters. The minimum absolute atomic E-state index is 0.00457. The Hall–Kier alpha value is -1.93. The predicted octanol–water partition coefficient (Wildman–Crippen LogP) is 2.08. The number of nitrogens with zero attached hydrogens (tertiary/aromatic N) is 5. The second kappa shape index (κ2) is 9.32. The summed E-state index contributed by atoms with van der Waals surface area (Å²) in [7, 11) is 4.01. The molecule has 1 aromatic heterocycles. The maximum absolute atomic E-state index is 12.4. The summed E-state index contributed by atoms with van der Waals surface area (Å²) in [4.78, 5) is 14.4. The number of carbonyl (C=O) groups excluding carboxylic acids is 1. The van der Waals surface area contributed by atoms with Crippen LogP contribution in [0.3, 0.4) is 0 Å². The number of carbonyl (C=O) groups is 1. The summed E-state index contributed by atoms with van der Waals surface area (Å²) in [5.74, 6) is 0.296. The van der Waals surface area contributed by atoms with Gasteiger partial charge in [-0.3, -0.25) is 4.79 Å². The molecule has 1 aliphatic rings. The first kappa shape index (κ1) is 19.8. The van der Waals surface area contributed by atoms with Crippen LogP contribution in [0, 0.1) is 0 Å². The van der Waals surface area contributed by atoms with Crippen molar-refractivity contribution in [2.45, 2.75) is 50.4 Å². The Balaban J connectivity index is 1.51. The van der Waals surface area contributed by atoms with Gasteiger partial charge in [-0.2, -0.15) is 0 Å². The van der Waals surface area contributed by atoms with Gasteiger partial charge in [0, 0.05) is 6.54 Å². The fourth-order valence-corrected chi connectivity index (χ4v) is 3.97. The quantitative estimate of drug-likeness (QED) is 0.698. The average molecular weight is 389 g/mol. The number of fused-ring (bicyclic) bond motifs is 1. The van der Waals surface area contributed by atoms with Gasteiger partial charge >= 0.3 is 0 Å². The summed E-state index contributed by atoms with van der Waals surface area (Å²) in [6.45, 7) is 3.59. The zero-order chi connectivity index (χ0) is 19.2. The number of rotatable bonds is 8. The molecule has 0 radical (unpaired) electrons. The van der Waals surface area contributed by atoms with Crippen LogP contribution in [0.2, 0.25) is 0 Å². The van der Waals surface area contributed by atoms with Gasteiger partial charge in [-0.15, -0.1) is 5.10 Å². The molecule has 0 saturated heterocycles. The number of nitrogens with one attached hydrogen (secondary N) is 1. The summed E-state index contributed by atoms with van der Waals surface area (Å²) in [6.07, 6.45) is 4.87. The molecular weight excluding hydrogens is 360 g/mol. The Bertz CT molecular complexity index is 775. The standard InChI is InChI=1S/C19H28N6OS/c1-14(16-9-8-15-6-4-5-7-17(15)12-16)20-18(26)13-27-19-21-22-23-25(19)11-10-24(2)3/h8-9,12,14H,4-7,10-11,13H2,1-3H3,(H,20,26). The van der Waals surface area contributed by atoms with Gasteiger partial charge in [0.1, 0.15) is 0 Å². The third-order valence-electron chi connectivity index (χ3n) is 4.84. The molecule has 0 saturated carbocycles. The van der Waals surface area contributed by atoms with E-state index in [1.54, 1.807) is 4.68 Å². The topological polar surface area (TPSA) is 75.9 Å². The highest BCUT2D eigenvalue weighted by Gasteiger charge is 2.15. The predicted molar refractivity (Wildman–Crippen MR) is 107 cm³/mol. The van der Waals surface area contributed by atoms with E-state index in [1.807, 2.05) is 21.0 Å². The van der Waals surface area contributed by atoms with E-state index < -0.39 is 0 Å². The van der Waals surface area contributed by atoms with Crippen LogP contribution in [0.15, 0.2) is 23.4 Å². The average Bonchev–Trinajstić information content (AvgIpc) is 3.11. The first-order valence-corrected chi connectivity index (χ1v) is 10.5. The summed E-state index contributed by atoms with van der Waals surface area (Å²) < 4.78 is 1.74. The van der Waals surface area contributed by atoms with E-state index in [1.165, 1.54) is 47.7 Å². The lowest BCUT2D eigenvalue weighted by molar-refractivity contribution is -0.119. The van der Waals surface area contributed by atoms with Gasteiger partial charge in [-0.25, -0.2) is 4.68 Å². The maximum Gasteiger partial charge on any atom is 0.230 e. The lowest BCUT2D eigenvalue weighted by Gasteiger charge is -2.20. The molecule has 1 unspecified atom stereocenters. The molecule has 0 fully saturated rings. The highest BCUT2D eigenvalue weighted by molar-refractivity contribution is 7.99. The van der Waals surface area contributed by atoms with E-state index in [4.69, 9.17) is 0 Å². The summed E-state index contributed by atoms with van der Waals surface area (Å²) in [5, 5.41) is 15.5. The summed E-state index contributed by atoms with van der Waals surface area (Å²) in [6, 6.07) is 6.62. The minimum atomic E-state index is -0.00706. The molecule has 27 heavy (non-hydrogen) atoms. The Labute approximate surface area is 164 Å². The van der Waals surface area contributed by atoms with Gasteiger partial charge in [0.05, 0.1) is 18.3 Å². The molecule has 7 nitrogen and oxygen atoms in total. The van der Waals surface area contributed by atoms with Crippen molar-refractivity contribution >= 4 is 17.7 Å². The molecule has 146 valence electrons. The molecule has 0 bridgehead atoms. The monoisotopic (exact) mass is 388 g/mol. The first-order chi connectivity index (χ1) is 13.0. The van der Waals surface area contributed by atoms with Crippen LogP contribution in [0.25, 0.3) is 0 Å². The van der Waals surface area contributed by atoms with E-state index in [0.29, 0.717) is 17.5 Å². The van der Waals surface area contributed by atoms with Gasteiger partial charge in [0.25, 0.3) is 0 Å². The minimum Gasteiger partial charge on any atom is -0.349 e. The first-order valence-electron chi connectivity index (χ1n) is 9.47. The van der Waals surface area contributed by atoms with Gasteiger partial charge in [-0.05, 0) is 73.8 Å². The van der Waals surface area contributed by atoms with Crippen molar-refractivity contribution in [3.8, 4) is 0 Å². The second-order valence-corrected chi connectivity index (χ2v) is 8.24. The van der Waals surface area contributed by atoms with Gasteiger partial charge in [0.2, 0.25) is 11.1 Å². The van der Waals surface area contributed by atoms with Gasteiger partial charge in [-0.1, -0.05) is 30.0 Å². The Morgan fingerprint density at radius 1 is 1.30 bits per heavy atom. The lowest BCUT2D eigenvalue weighted by atomic mass is 9.89. The van der Waals surface area contributed by atoms with Crippen LogP contribution in [-0.2, 0) is 24.2 Å². The Kier molecular flexibility index (Phi) is 6.84. The number of hydrogen-bond donors (Lipinski definition) is 1. The molecule has 1 aromatic carbocycles. The van der Waals surface area contributed by atoms with Gasteiger partial charge in [0.15, 0.2) is 0 Å². The van der Waals surface area contributed by atoms with E-state index in [2.05, 4.69) is 43.9 Å². The molecule has 0 spiro atoms. The molecule has 3 rings (SSSR count). The Morgan fingerprint density at radius 3 is 2.85 bits per heavy atom. The van der Waals surface area contributed by atoms with Crippen molar-refractivity contribution in [1.29, 1.82) is 0 Å². The molecule has 8 heteroatoms. The van der Waals surface area contributed by atoms with Crippen LogP contribution in [-0.4, -0.2) is 57.4 Å². The number of amides is 1. The summed E-state index contributed by atoms with van der Waals surface area (Å²) in [5.41, 5.74) is 4.07. The molecule has 0 aliphatic heterocycles. The number of aromatic nitrogens is 4. The molecule has 2 aromatic rings. The van der Waals surface area contributed by atoms with E-state index >= 15 is 0 Å². The zero-order valence-electron chi connectivity index (χ0n) is 16.3. The number of tetrazole rings is 1. The number of likely N-dealkylation sites (N-methyl/N-ethyl adjacent to an activating group) is 1. The molecular formula is C19H28N6OS. The fourth-order valence-electron chi connectivity index (χ4n) is 3.25. The van der Waals surface area contributed by atoms with Crippen LogP contribution >= 0.6 is 11.8 Å². The van der Waals surface area contributed by atoms with Crippen LogP contribution in [0.4, 0.5) is 0 Å². The van der Waals surface area contributed by atoms with Crippen LogP contribution in [0.5, 0.6) is 0 Å². The van der Waals surface area contributed by atoms with E-state index in [9.17, 15) is 4.79 Å². The van der Waals surface area contributed by atoms with Crippen molar-refractivity contribution in [3.05, 3.63) is 34.9 Å².